The van der Waals surface area contributed by atoms with Crippen LogP contribution in [0.4, 0.5) is 11.4 Å². The summed E-state index contributed by atoms with van der Waals surface area (Å²) in [6.45, 7) is 0. The van der Waals surface area contributed by atoms with Gasteiger partial charge in [0.05, 0.1) is 4.92 Å². The van der Waals surface area contributed by atoms with Gasteiger partial charge in [-0.2, -0.15) is 5.26 Å². The van der Waals surface area contributed by atoms with Crippen LogP contribution in [0.5, 0.6) is 0 Å². The van der Waals surface area contributed by atoms with E-state index in [4.69, 9.17) is 4.42 Å². The first-order valence-corrected chi connectivity index (χ1v) is 9.31. The molecule has 7 heteroatoms. The minimum Gasteiger partial charge on any atom is -0.457 e. The van der Waals surface area contributed by atoms with Crippen LogP contribution >= 0.6 is 0 Å². The second kappa shape index (κ2) is 8.35. The third-order valence-corrected chi connectivity index (χ3v) is 4.68. The molecular weight excluding hydrogens is 394 g/mol. The summed E-state index contributed by atoms with van der Waals surface area (Å²) in [6, 6.07) is 24.3. The van der Waals surface area contributed by atoms with Crippen molar-refractivity contribution in [3.05, 3.63) is 100 Å². The summed E-state index contributed by atoms with van der Waals surface area (Å²) in [7, 11) is 0. The Morgan fingerprint density at radius 3 is 2.48 bits per heavy atom. The molecule has 0 unspecified atom stereocenters. The summed E-state index contributed by atoms with van der Waals surface area (Å²) in [5, 5.41) is 24.9. The molecule has 4 aromatic rings. The lowest BCUT2D eigenvalue weighted by Crippen LogP contribution is -2.13. The standard InChI is InChI=1S/C24H15N3O4/c25-15-18(24(28)26-22-7-3-5-16-4-1-2-6-21(16)22)14-20-12-13-23(31-20)17-8-10-19(11-9-17)27(29)30/h1-14H,(H,26,28)/b18-14+. The van der Waals surface area contributed by atoms with Crippen LogP contribution in [0.15, 0.2) is 88.9 Å². The van der Waals surface area contributed by atoms with Crippen molar-refractivity contribution in [2.24, 2.45) is 0 Å². The molecular formula is C24H15N3O4. The molecule has 0 atom stereocenters. The topological polar surface area (TPSA) is 109 Å². The Bertz CT molecular complexity index is 1360. The average molecular weight is 409 g/mol. The van der Waals surface area contributed by atoms with E-state index in [1.165, 1.54) is 18.2 Å². The highest BCUT2D eigenvalue weighted by atomic mass is 16.6. The lowest BCUT2D eigenvalue weighted by Gasteiger charge is -2.08. The van der Waals surface area contributed by atoms with Crippen LogP contribution in [0, 0.1) is 21.4 Å². The number of hydrogen-bond donors (Lipinski definition) is 1. The molecule has 0 radical (unpaired) electrons. The van der Waals surface area contributed by atoms with Crippen LogP contribution < -0.4 is 5.32 Å². The van der Waals surface area contributed by atoms with Gasteiger partial charge in [0.25, 0.3) is 11.6 Å². The highest BCUT2D eigenvalue weighted by Gasteiger charge is 2.13. The van der Waals surface area contributed by atoms with Gasteiger partial charge in [-0.05, 0) is 35.7 Å². The Labute approximate surface area is 177 Å². The van der Waals surface area contributed by atoms with Gasteiger partial charge in [-0.25, -0.2) is 0 Å². The van der Waals surface area contributed by atoms with Crippen molar-refractivity contribution in [3.8, 4) is 17.4 Å². The van der Waals surface area contributed by atoms with Gasteiger partial charge in [0, 0.05) is 34.8 Å². The lowest BCUT2D eigenvalue weighted by atomic mass is 10.1. The minimum absolute atomic E-state index is 0.0210. The summed E-state index contributed by atoms with van der Waals surface area (Å²) in [5.41, 5.74) is 1.11. The number of nitro benzene ring substituents is 1. The number of benzene rings is 3. The van der Waals surface area contributed by atoms with Crippen LogP contribution in [0.3, 0.4) is 0 Å². The van der Waals surface area contributed by atoms with Gasteiger partial charge in [0.2, 0.25) is 0 Å². The fraction of sp³-hybridized carbons (Fsp3) is 0. The predicted octanol–water partition coefficient (Wildman–Crippen LogP) is 5.55. The number of fused-ring (bicyclic) bond motifs is 1. The van der Waals surface area contributed by atoms with Gasteiger partial charge in [0.15, 0.2) is 0 Å². The molecule has 0 aliphatic carbocycles. The Morgan fingerprint density at radius 1 is 1.00 bits per heavy atom. The van der Waals surface area contributed by atoms with Gasteiger partial charge >= 0.3 is 0 Å². The van der Waals surface area contributed by atoms with E-state index in [1.54, 1.807) is 30.3 Å². The van der Waals surface area contributed by atoms with Crippen molar-refractivity contribution in [2.75, 3.05) is 5.32 Å². The second-order valence-electron chi connectivity index (χ2n) is 6.66. The molecule has 1 heterocycles. The summed E-state index contributed by atoms with van der Waals surface area (Å²) < 4.78 is 5.70. The number of hydrogen-bond acceptors (Lipinski definition) is 5. The van der Waals surface area contributed by atoms with Gasteiger partial charge < -0.3 is 9.73 Å². The van der Waals surface area contributed by atoms with E-state index in [-0.39, 0.29) is 11.3 Å². The molecule has 0 saturated carbocycles. The molecule has 7 nitrogen and oxygen atoms in total. The highest BCUT2D eigenvalue weighted by Crippen LogP contribution is 2.26. The number of carbonyl (C=O) groups excluding carboxylic acids is 1. The summed E-state index contributed by atoms with van der Waals surface area (Å²) in [4.78, 5) is 23.0. The molecule has 3 aromatic carbocycles. The van der Waals surface area contributed by atoms with E-state index in [9.17, 15) is 20.2 Å². The van der Waals surface area contributed by atoms with Crippen LogP contribution in [0.2, 0.25) is 0 Å². The first-order chi connectivity index (χ1) is 15.0. The number of furan rings is 1. The maximum Gasteiger partial charge on any atom is 0.269 e. The minimum atomic E-state index is -0.549. The van der Waals surface area contributed by atoms with Crippen molar-refractivity contribution in [1.82, 2.24) is 0 Å². The molecule has 1 N–H and O–H groups in total. The highest BCUT2D eigenvalue weighted by molar-refractivity contribution is 6.12. The number of carbonyl (C=O) groups is 1. The molecule has 31 heavy (non-hydrogen) atoms. The van der Waals surface area contributed by atoms with Gasteiger partial charge in [0.1, 0.15) is 23.2 Å². The zero-order valence-electron chi connectivity index (χ0n) is 16.1. The smallest absolute Gasteiger partial charge is 0.269 e. The summed E-state index contributed by atoms with van der Waals surface area (Å²) in [5.74, 6) is 0.234. The predicted molar refractivity (Wildman–Crippen MR) is 117 cm³/mol. The van der Waals surface area contributed by atoms with Crippen LogP contribution in [-0.4, -0.2) is 10.8 Å². The van der Waals surface area contributed by atoms with Crippen molar-refractivity contribution in [1.29, 1.82) is 5.26 Å². The van der Waals surface area contributed by atoms with Crippen molar-refractivity contribution in [2.45, 2.75) is 0 Å². The SMILES string of the molecule is N#C/C(=C\c1ccc(-c2ccc([N+](=O)[O-])cc2)o1)C(=O)Nc1cccc2ccccc12. The third-order valence-electron chi connectivity index (χ3n) is 4.68. The largest absolute Gasteiger partial charge is 0.457 e. The zero-order chi connectivity index (χ0) is 21.8. The number of non-ortho nitro benzene ring substituents is 1. The second-order valence-corrected chi connectivity index (χ2v) is 6.66. The Balaban J connectivity index is 1.56. The number of nitrogens with one attached hydrogen (secondary N) is 1. The van der Waals surface area contributed by atoms with E-state index >= 15 is 0 Å². The van der Waals surface area contributed by atoms with Crippen molar-refractivity contribution in [3.63, 3.8) is 0 Å². The number of amides is 1. The molecule has 0 spiro atoms. The number of nitro groups is 1. The molecule has 4 rings (SSSR count). The van der Waals surface area contributed by atoms with Gasteiger partial charge in [-0.15, -0.1) is 0 Å². The molecule has 0 bridgehead atoms. The molecule has 150 valence electrons. The van der Waals surface area contributed by atoms with E-state index in [0.717, 1.165) is 10.8 Å². The maximum absolute atomic E-state index is 12.7. The van der Waals surface area contributed by atoms with E-state index in [0.29, 0.717) is 22.8 Å². The van der Waals surface area contributed by atoms with Crippen LogP contribution in [-0.2, 0) is 4.79 Å². The van der Waals surface area contributed by atoms with E-state index in [2.05, 4.69) is 5.32 Å². The number of nitrogens with zero attached hydrogens (tertiary/aromatic N) is 2. The zero-order valence-corrected chi connectivity index (χ0v) is 16.1. The number of rotatable bonds is 5. The van der Waals surface area contributed by atoms with Gasteiger partial charge in [-0.1, -0.05) is 36.4 Å². The summed E-state index contributed by atoms with van der Waals surface area (Å²) >= 11 is 0. The monoisotopic (exact) mass is 409 g/mol. The van der Waals surface area contributed by atoms with E-state index < -0.39 is 10.8 Å². The normalized spacial score (nSPS) is 11.1. The van der Waals surface area contributed by atoms with Crippen LogP contribution in [0.25, 0.3) is 28.2 Å². The lowest BCUT2D eigenvalue weighted by molar-refractivity contribution is -0.384. The fourth-order valence-corrected chi connectivity index (χ4v) is 3.15. The first kappa shape index (κ1) is 19.6. The number of nitriles is 1. The first-order valence-electron chi connectivity index (χ1n) is 9.31. The Morgan fingerprint density at radius 2 is 1.74 bits per heavy atom. The molecule has 0 fully saturated rings. The van der Waals surface area contributed by atoms with E-state index in [1.807, 2.05) is 42.5 Å². The quantitative estimate of drug-likeness (QED) is 0.201. The molecule has 1 aromatic heterocycles. The Kier molecular flexibility index (Phi) is 5.28. The summed E-state index contributed by atoms with van der Waals surface area (Å²) in [6.07, 6.45) is 1.36. The molecule has 1 amide bonds. The average Bonchev–Trinajstić information content (AvgIpc) is 3.26. The maximum atomic E-state index is 12.7. The molecule has 0 aliphatic heterocycles. The van der Waals surface area contributed by atoms with Crippen molar-refractivity contribution < 1.29 is 14.1 Å². The fourth-order valence-electron chi connectivity index (χ4n) is 3.15. The molecule has 0 saturated heterocycles. The van der Waals surface area contributed by atoms with Crippen LogP contribution in [0.1, 0.15) is 5.76 Å². The number of anilines is 1. The molecule has 0 aliphatic rings. The third kappa shape index (κ3) is 4.18. The van der Waals surface area contributed by atoms with Crippen molar-refractivity contribution >= 4 is 34.1 Å². The van der Waals surface area contributed by atoms with Gasteiger partial charge in [-0.3, -0.25) is 14.9 Å². The Hall–Kier alpha value is -4.70.